The number of nitrogens with one attached hydrogen (secondary N) is 1. The molecule has 0 bridgehead atoms. The van der Waals surface area contributed by atoms with E-state index in [1.807, 2.05) is 6.08 Å². The Balaban J connectivity index is 2.05. The van der Waals surface area contributed by atoms with Gasteiger partial charge in [-0.05, 0) is 76.0 Å². The number of ether oxygens (including phenoxy) is 2. The maximum Gasteiger partial charge on any atom is 0.341 e. The minimum Gasteiger partial charge on any atom is -0.462 e. The molecule has 1 aromatic carbocycles. The zero-order chi connectivity index (χ0) is 27.7. The summed E-state index contributed by atoms with van der Waals surface area (Å²) >= 11 is 0. The number of hydrogen-bond acceptors (Lipinski definition) is 5. The Hall–Kier alpha value is -3.67. The predicted octanol–water partition coefficient (Wildman–Crippen LogP) is 7.20. The topological polar surface area (TPSA) is 81.7 Å². The van der Waals surface area contributed by atoms with Gasteiger partial charge in [-0.3, -0.25) is 9.59 Å². The maximum atomic E-state index is 12.2. The first kappa shape index (κ1) is 32.4. The van der Waals surface area contributed by atoms with Crippen molar-refractivity contribution in [2.75, 3.05) is 13.2 Å². The molecular weight excluding hydrogens is 478 g/mol. The van der Waals surface area contributed by atoms with Crippen LogP contribution >= 0.6 is 0 Å². The first-order chi connectivity index (χ1) is 18.5. The summed E-state index contributed by atoms with van der Waals surface area (Å²) in [6, 6.07) is 6.41. The average molecular weight is 522 g/mol. The molecule has 0 aromatic heterocycles. The second kappa shape index (κ2) is 22.5. The smallest absolute Gasteiger partial charge is 0.341 e. The van der Waals surface area contributed by atoms with Crippen molar-refractivity contribution in [2.45, 2.75) is 71.6 Å². The number of hydrogen-bond donors (Lipinski definition) is 1. The quantitative estimate of drug-likeness (QED) is 0.0685. The second-order valence-electron chi connectivity index (χ2n) is 8.56. The molecule has 0 saturated heterocycles. The van der Waals surface area contributed by atoms with Crippen LogP contribution in [-0.4, -0.2) is 31.0 Å². The van der Waals surface area contributed by atoms with E-state index in [0.29, 0.717) is 19.4 Å². The summed E-state index contributed by atoms with van der Waals surface area (Å²) in [5.41, 5.74) is 0.189. The van der Waals surface area contributed by atoms with E-state index in [1.165, 1.54) is 31.6 Å². The normalized spacial score (nSPS) is 11.8. The van der Waals surface area contributed by atoms with E-state index in [9.17, 15) is 14.4 Å². The Bertz CT molecular complexity index is 972. The lowest BCUT2D eigenvalue weighted by Gasteiger charge is -2.09. The summed E-state index contributed by atoms with van der Waals surface area (Å²) < 4.78 is 10.2. The molecule has 1 aromatic rings. The summed E-state index contributed by atoms with van der Waals surface area (Å²) in [4.78, 5) is 35.2. The highest BCUT2D eigenvalue weighted by atomic mass is 16.5. The van der Waals surface area contributed by atoms with Gasteiger partial charge in [0, 0.05) is 13.5 Å². The van der Waals surface area contributed by atoms with Gasteiger partial charge in [0.05, 0.1) is 6.61 Å². The molecule has 1 amide bonds. The van der Waals surface area contributed by atoms with E-state index < -0.39 is 11.9 Å². The van der Waals surface area contributed by atoms with Crippen molar-refractivity contribution in [3.63, 3.8) is 0 Å². The van der Waals surface area contributed by atoms with Gasteiger partial charge in [-0.2, -0.15) is 0 Å². The predicted molar refractivity (Wildman–Crippen MR) is 154 cm³/mol. The first-order valence-electron chi connectivity index (χ1n) is 13.5. The van der Waals surface area contributed by atoms with E-state index in [-0.39, 0.29) is 23.8 Å². The number of benzene rings is 1. The SMILES string of the molecule is CC/C=C\C/C=C\C/C=C\CCCC/C=C\C/C=C\C(=O)NCCCOC(=O)c1ccccc1OC(C)=O. The number of allylic oxidation sites excluding steroid dienone is 9. The molecule has 6 heteroatoms. The molecule has 0 radical (unpaired) electrons. The van der Waals surface area contributed by atoms with Gasteiger partial charge in [-0.1, -0.05) is 73.7 Å². The molecule has 0 spiro atoms. The highest BCUT2D eigenvalue weighted by Crippen LogP contribution is 2.19. The van der Waals surface area contributed by atoms with Crippen LogP contribution in [0, 0.1) is 0 Å². The molecule has 0 aliphatic heterocycles. The number of unbranched alkanes of at least 4 members (excludes halogenated alkanes) is 3. The summed E-state index contributed by atoms with van der Waals surface area (Å²) in [5, 5.41) is 2.76. The minimum absolute atomic E-state index is 0.143. The monoisotopic (exact) mass is 521 g/mol. The zero-order valence-corrected chi connectivity index (χ0v) is 22.9. The standard InChI is InChI=1S/C32H43NO5/c1-3-4-5-6-7-8-9-10-11-12-13-14-15-16-17-18-19-25-31(35)33-26-22-27-37-32(36)29-23-20-21-24-30(29)38-28(2)34/h4-5,7-8,10-11,16-17,19-21,23-25H,3,6,9,12-15,18,22,26-27H2,1-2H3,(H,33,35)/b5-4-,8-7-,11-10-,17-16-,25-19-. The molecule has 0 unspecified atom stereocenters. The second-order valence-corrected chi connectivity index (χ2v) is 8.56. The van der Waals surface area contributed by atoms with Crippen LogP contribution in [0.4, 0.5) is 0 Å². The third-order valence-electron chi connectivity index (χ3n) is 5.19. The zero-order valence-electron chi connectivity index (χ0n) is 22.9. The van der Waals surface area contributed by atoms with Gasteiger partial charge < -0.3 is 14.8 Å². The molecule has 0 fully saturated rings. The van der Waals surface area contributed by atoms with Gasteiger partial charge in [-0.15, -0.1) is 0 Å². The summed E-state index contributed by atoms with van der Waals surface area (Å²) in [6.07, 6.45) is 29.7. The summed E-state index contributed by atoms with van der Waals surface area (Å²) in [5.74, 6) is -1.09. The van der Waals surface area contributed by atoms with Crippen LogP contribution in [0.3, 0.4) is 0 Å². The number of carbonyl (C=O) groups excluding carboxylic acids is 3. The van der Waals surface area contributed by atoms with E-state index in [2.05, 4.69) is 60.8 Å². The van der Waals surface area contributed by atoms with Crippen molar-refractivity contribution in [2.24, 2.45) is 0 Å². The Morgan fingerprint density at radius 3 is 2.05 bits per heavy atom. The van der Waals surface area contributed by atoms with E-state index >= 15 is 0 Å². The van der Waals surface area contributed by atoms with Crippen LogP contribution in [0.1, 0.15) is 82.0 Å². The van der Waals surface area contributed by atoms with Gasteiger partial charge in [0.1, 0.15) is 11.3 Å². The van der Waals surface area contributed by atoms with E-state index in [0.717, 1.165) is 38.5 Å². The van der Waals surface area contributed by atoms with E-state index in [4.69, 9.17) is 9.47 Å². The molecule has 0 heterocycles. The lowest BCUT2D eigenvalue weighted by Crippen LogP contribution is -2.23. The van der Waals surface area contributed by atoms with Gasteiger partial charge in [-0.25, -0.2) is 4.79 Å². The largest absolute Gasteiger partial charge is 0.462 e. The van der Waals surface area contributed by atoms with Gasteiger partial charge in [0.15, 0.2) is 0 Å². The van der Waals surface area contributed by atoms with Crippen molar-refractivity contribution < 1.29 is 23.9 Å². The van der Waals surface area contributed by atoms with Gasteiger partial charge in [0.25, 0.3) is 0 Å². The van der Waals surface area contributed by atoms with Crippen LogP contribution in [0.5, 0.6) is 5.75 Å². The van der Waals surface area contributed by atoms with Crippen LogP contribution in [0.15, 0.2) is 85.0 Å². The molecule has 206 valence electrons. The fourth-order valence-corrected chi connectivity index (χ4v) is 3.28. The third-order valence-corrected chi connectivity index (χ3v) is 5.19. The number of para-hydroxylation sites is 1. The molecular formula is C32H43NO5. The highest BCUT2D eigenvalue weighted by Gasteiger charge is 2.14. The maximum absolute atomic E-state index is 12.2. The van der Waals surface area contributed by atoms with Crippen LogP contribution in [0.25, 0.3) is 0 Å². The lowest BCUT2D eigenvalue weighted by atomic mass is 10.1. The van der Waals surface area contributed by atoms with E-state index in [1.54, 1.807) is 12.1 Å². The fraction of sp³-hybridized carbons (Fsp3) is 0.406. The Morgan fingerprint density at radius 2 is 1.39 bits per heavy atom. The molecule has 1 rings (SSSR count). The van der Waals surface area contributed by atoms with Crippen molar-refractivity contribution in [3.8, 4) is 5.75 Å². The number of carbonyl (C=O) groups is 3. The Kier molecular flexibility index (Phi) is 19.2. The Morgan fingerprint density at radius 1 is 0.789 bits per heavy atom. The first-order valence-corrected chi connectivity index (χ1v) is 13.5. The van der Waals surface area contributed by atoms with Gasteiger partial charge in [0.2, 0.25) is 5.91 Å². The molecule has 38 heavy (non-hydrogen) atoms. The van der Waals surface area contributed by atoms with Crippen molar-refractivity contribution in [1.82, 2.24) is 5.32 Å². The molecule has 6 nitrogen and oxygen atoms in total. The van der Waals surface area contributed by atoms with Crippen molar-refractivity contribution in [1.29, 1.82) is 0 Å². The molecule has 0 saturated carbocycles. The number of esters is 2. The van der Waals surface area contributed by atoms with Gasteiger partial charge >= 0.3 is 11.9 Å². The molecule has 1 N–H and O–H groups in total. The average Bonchev–Trinajstić information content (AvgIpc) is 2.90. The lowest BCUT2D eigenvalue weighted by molar-refractivity contribution is -0.131. The third kappa shape index (κ3) is 17.7. The van der Waals surface area contributed by atoms with Crippen molar-refractivity contribution in [3.05, 3.63) is 90.6 Å². The minimum atomic E-state index is -0.574. The molecule has 0 aliphatic rings. The summed E-state index contributed by atoms with van der Waals surface area (Å²) in [7, 11) is 0. The van der Waals surface area contributed by atoms with Crippen molar-refractivity contribution >= 4 is 17.8 Å². The van der Waals surface area contributed by atoms with Crippen LogP contribution in [-0.2, 0) is 14.3 Å². The Labute approximate surface area is 228 Å². The van der Waals surface area contributed by atoms with Crippen LogP contribution in [0.2, 0.25) is 0 Å². The molecule has 0 aliphatic carbocycles. The number of amides is 1. The fourth-order valence-electron chi connectivity index (χ4n) is 3.28. The highest BCUT2D eigenvalue weighted by molar-refractivity contribution is 5.93. The summed E-state index contributed by atoms with van der Waals surface area (Å²) in [6.45, 7) is 3.94. The number of rotatable bonds is 19. The van der Waals surface area contributed by atoms with Crippen LogP contribution < -0.4 is 10.1 Å². The molecule has 0 atom stereocenters.